The molecule has 0 unspecified atom stereocenters. The molecule has 0 fully saturated rings. The van der Waals surface area contributed by atoms with E-state index >= 15 is 0 Å². The molecule has 0 aliphatic carbocycles. The van der Waals surface area contributed by atoms with Gasteiger partial charge in [0.05, 0.1) is 12.2 Å². The number of fused-ring (bicyclic) bond motifs is 1. The van der Waals surface area contributed by atoms with Crippen molar-refractivity contribution in [3.63, 3.8) is 0 Å². The highest BCUT2D eigenvalue weighted by Gasteiger charge is 2.20. The van der Waals surface area contributed by atoms with Gasteiger partial charge in [0.15, 0.2) is 0 Å². The van der Waals surface area contributed by atoms with Crippen LogP contribution in [0.15, 0.2) is 18.2 Å². The maximum absolute atomic E-state index is 5.78. The van der Waals surface area contributed by atoms with E-state index in [1.807, 2.05) is 0 Å². The van der Waals surface area contributed by atoms with Gasteiger partial charge in [-0.1, -0.05) is 19.9 Å². The first kappa shape index (κ1) is 12.3. The first-order valence-corrected chi connectivity index (χ1v) is 6.60. The van der Waals surface area contributed by atoms with Crippen LogP contribution >= 0.6 is 0 Å². The van der Waals surface area contributed by atoms with Gasteiger partial charge in [-0.25, -0.2) is 0 Å². The smallest absolute Gasteiger partial charge is 0.142 e. The van der Waals surface area contributed by atoms with Crippen LogP contribution < -0.4 is 9.64 Å². The predicted molar refractivity (Wildman–Crippen MR) is 73.0 cm³/mol. The Bertz CT molecular complexity index is 385. The predicted octanol–water partition coefficient (Wildman–Crippen LogP) is 3.49. The fourth-order valence-corrected chi connectivity index (χ4v) is 2.42. The molecular formula is C15H23NO. The lowest BCUT2D eigenvalue weighted by Crippen LogP contribution is -2.37. The highest BCUT2D eigenvalue weighted by molar-refractivity contribution is 5.61. The van der Waals surface area contributed by atoms with Crippen molar-refractivity contribution in [1.82, 2.24) is 0 Å². The quantitative estimate of drug-likeness (QED) is 0.792. The number of hydrogen-bond donors (Lipinski definition) is 0. The topological polar surface area (TPSA) is 12.5 Å². The van der Waals surface area contributed by atoms with Crippen LogP contribution in [0.1, 0.15) is 33.3 Å². The van der Waals surface area contributed by atoms with Gasteiger partial charge in [-0.15, -0.1) is 0 Å². The largest absolute Gasteiger partial charge is 0.490 e. The van der Waals surface area contributed by atoms with Crippen molar-refractivity contribution < 1.29 is 4.74 Å². The Morgan fingerprint density at radius 2 is 2.00 bits per heavy atom. The van der Waals surface area contributed by atoms with E-state index in [4.69, 9.17) is 4.74 Å². The third-order valence-corrected chi connectivity index (χ3v) is 3.19. The second-order valence-corrected chi connectivity index (χ2v) is 5.54. The average molecular weight is 233 g/mol. The first-order valence-electron chi connectivity index (χ1n) is 6.60. The lowest BCUT2D eigenvalue weighted by Gasteiger charge is -2.34. The van der Waals surface area contributed by atoms with Gasteiger partial charge in [-0.05, 0) is 43.9 Å². The van der Waals surface area contributed by atoms with Crippen molar-refractivity contribution >= 4 is 5.69 Å². The monoisotopic (exact) mass is 233 g/mol. The van der Waals surface area contributed by atoms with Crippen LogP contribution in [0.3, 0.4) is 0 Å². The maximum Gasteiger partial charge on any atom is 0.142 e. The van der Waals surface area contributed by atoms with E-state index in [2.05, 4.69) is 50.8 Å². The molecule has 0 spiro atoms. The van der Waals surface area contributed by atoms with Gasteiger partial charge in [0, 0.05) is 6.04 Å². The zero-order valence-electron chi connectivity index (χ0n) is 11.4. The van der Waals surface area contributed by atoms with Crippen molar-refractivity contribution in [2.24, 2.45) is 5.92 Å². The van der Waals surface area contributed by atoms with Crippen molar-refractivity contribution in [3.05, 3.63) is 23.8 Å². The Kier molecular flexibility index (Phi) is 3.60. The van der Waals surface area contributed by atoms with E-state index in [0.29, 0.717) is 12.0 Å². The number of ether oxygens (including phenoxy) is 1. The molecule has 2 nitrogen and oxygen atoms in total. The van der Waals surface area contributed by atoms with E-state index < -0.39 is 0 Å². The standard InChI is InChI=1S/C15H23NO/c1-11(2)9-13-5-6-14-15(10-13)17-8-7-16(14)12(3)4/h5-6,10-12H,7-9H2,1-4H3. The summed E-state index contributed by atoms with van der Waals surface area (Å²) in [6.07, 6.45) is 1.12. The van der Waals surface area contributed by atoms with Crippen molar-refractivity contribution in [2.45, 2.75) is 40.2 Å². The number of nitrogens with zero attached hydrogens (tertiary/aromatic N) is 1. The van der Waals surface area contributed by atoms with E-state index in [9.17, 15) is 0 Å². The fraction of sp³-hybridized carbons (Fsp3) is 0.600. The van der Waals surface area contributed by atoms with Gasteiger partial charge in [0.2, 0.25) is 0 Å². The third kappa shape index (κ3) is 2.74. The number of benzene rings is 1. The molecule has 1 aromatic carbocycles. The lowest BCUT2D eigenvalue weighted by atomic mass is 10.0. The Morgan fingerprint density at radius 1 is 1.24 bits per heavy atom. The molecule has 94 valence electrons. The molecule has 1 aliphatic heterocycles. The second-order valence-electron chi connectivity index (χ2n) is 5.54. The molecule has 0 saturated heterocycles. The minimum atomic E-state index is 0.536. The molecule has 0 atom stereocenters. The highest BCUT2D eigenvalue weighted by atomic mass is 16.5. The van der Waals surface area contributed by atoms with Crippen LogP contribution in [0.2, 0.25) is 0 Å². The van der Waals surface area contributed by atoms with Gasteiger partial charge >= 0.3 is 0 Å². The van der Waals surface area contributed by atoms with Gasteiger partial charge in [-0.3, -0.25) is 0 Å². The second kappa shape index (κ2) is 4.99. The first-order chi connectivity index (χ1) is 8.08. The highest BCUT2D eigenvalue weighted by Crippen LogP contribution is 2.34. The number of hydrogen-bond acceptors (Lipinski definition) is 2. The lowest BCUT2D eigenvalue weighted by molar-refractivity contribution is 0.302. The maximum atomic E-state index is 5.78. The van der Waals surface area contributed by atoms with Crippen LogP contribution in [0.4, 0.5) is 5.69 Å². The van der Waals surface area contributed by atoms with Crippen LogP contribution in [0.5, 0.6) is 5.75 Å². The Morgan fingerprint density at radius 3 is 2.65 bits per heavy atom. The summed E-state index contributed by atoms with van der Waals surface area (Å²) in [5.41, 5.74) is 2.63. The van der Waals surface area contributed by atoms with E-state index in [1.54, 1.807) is 0 Å². The molecule has 0 saturated carbocycles. The van der Waals surface area contributed by atoms with Crippen molar-refractivity contribution in [1.29, 1.82) is 0 Å². The molecule has 1 heterocycles. The molecule has 0 aromatic heterocycles. The summed E-state index contributed by atoms with van der Waals surface area (Å²) in [6.45, 7) is 10.8. The van der Waals surface area contributed by atoms with Gasteiger partial charge in [0.1, 0.15) is 12.4 Å². The molecule has 0 amide bonds. The Balaban J connectivity index is 2.26. The Hall–Kier alpha value is -1.18. The summed E-state index contributed by atoms with van der Waals surface area (Å²) >= 11 is 0. The summed E-state index contributed by atoms with van der Waals surface area (Å²) in [6, 6.07) is 7.20. The number of anilines is 1. The molecule has 1 aliphatic rings. The van der Waals surface area contributed by atoms with Gasteiger partial charge in [-0.2, -0.15) is 0 Å². The molecule has 2 heteroatoms. The van der Waals surface area contributed by atoms with Crippen LogP contribution in [-0.4, -0.2) is 19.2 Å². The molecule has 1 aromatic rings. The summed E-state index contributed by atoms with van der Waals surface area (Å²) < 4.78 is 5.78. The van der Waals surface area contributed by atoms with E-state index in [0.717, 1.165) is 25.3 Å². The molecule has 0 N–H and O–H groups in total. The summed E-state index contributed by atoms with van der Waals surface area (Å²) in [7, 11) is 0. The normalized spacial score (nSPS) is 15.1. The van der Waals surface area contributed by atoms with Gasteiger partial charge < -0.3 is 9.64 Å². The molecule has 0 bridgehead atoms. The summed E-state index contributed by atoms with van der Waals surface area (Å²) in [4.78, 5) is 2.41. The summed E-state index contributed by atoms with van der Waals surface area (Å²) in [5, 5.41) is 0. The van der Waals surface area contributed by atoms with Crippen LogP contribution in [-0.2, 0) is 6.42 Å². The third-order valence-electron chi connectivity index (χ3n) is 3.19. The van der Waals surface area contributed by atoms with Crippen LogP contribution in [0, 0.1) is 5.92 Å². The Labute approximate surface area is 105 Å². The number of rotatable bonds is 3. The SMILES string of the molecule is CC(C)Cc1ccc2c(c1)OCCN2C(C)C. The van der Waals surface area contributed by atoms with Gasteiger partial charge in [0.25, 0.3) is 0 Å². The summed E-state index contributed by atoms with van der Waals surface area (Å²) in [5.74, 6) is 1.75. The zero-order valence-corrected chi connectivity index (χ0v) is 11.4. The average Bonchev–Trinajstić information content (AvgIpc) is 2.26. The van der Waals surface area contributed by atoms with E-state index in [-0.39, 0.29) is 0 Å². The van der Waals surface area contributed by atoms with Crippen LogP contribution in [0.25, 0.3) is 0 Å². The minimum absolute atomic E-state index is 0.536. The molecular weight excluding hydrogens is 210 g/mol. The molecule has 17 heavy (non-hydrogen) atoms. The van der Waals surface area contributed by atoms with E-state index in [1.165, 1.54) is 11.3 Å². The van der Waals surface area contributed by atoms with Crippen molar-refractivity contribution in [2.75, 3.05) is 18.1 Å². The zero-order chi connectivity index (χ0) is 12.4. The van der Waals surface area contributed by atoms with Crippen molar-refractivity contribution in [3.8, 4) is 5.75 Å². The fourth-order valence-electron chi connectivity index (χ4n) is 2.42. The molecule has 2 rings (SSSR count). The minimum Gasteiger partial charge on any atom is -0.490 e. The molecule has 0 radical (unpaired) electrons.